The topological polar surface area (TPSA) is 77.7 Å². The third kappa shape index (κ3) is 4.95. The average molecular weight is 472 g/mol. The molecule has 0 aliphatic rings. The number of benzene rings is 1. The molecule has 4 aromatic rings. The number of rotatable bonds is 6. The van der Waals surface area contributed by atoms with Crippen LogP contribution in [0.15, 0.2) is 78.1 Å². The number of nitrogens with zero attached hydrogens (tertiary/aromatic N) is 4. The summed E-state index contributed by atoms with van der Waals surface area (Å²) in [7, 11) is -3.49. The van der Waals surface area contributed by atoms with Crippen LogP contribution in [0.25, 0.3) is 22.4 Å². The van der Waals surface area contributed by atoms with Crippen molar-refractivity contribution in [2.45, 2.75) is 24.0 Å². The highest BCUT2D eigenvalue weighted by Gasteiger charge is 2.40. The maximum Gasteiger partial charge on any atom is 0.433 e. The Hall–Kier alpha value is -3.53. The van der Waals surface area contributed by atoms with Crippen molar-refractivity contribution in [2.24, 2.45) is 0 Å². The summed E-state index contributed by atoms with van der Waals surface area (Å²) in [5.41, 5.74) is 0.440. The van der Waals surface area contributed by atoms with Crippen molar-refractivity contribution in [3.8, 4) is 22.4 Å². The Bertz CT molecular complexity index is 1350. The first-order valence-corrected chi connectivity index (χ1v) is 11.8. The maximum atomic E-state index is 14.3. The second-order valence-electron chi connectivity index (χ2n) is 7.40. The molecule has 0 aliphatic carbocycles. The number of sulfone groups is 1. The summed E-state index contributed by atoms with van der Waals surface area (Å²) in [5, 5.41) is 4.33. The van der Waals surface area contributed by atoms with Crippen molar-refractivity contribution in [1.29, 1.82) is 0 Å². The molecule has 0 aliphatic heterocycles. The van der Waals surface area contributed by atoms with Crippen LogP contribution in [0.2, 0.25) is 0 Å². The maximum absolute atomic E-state index is 14.3. The molecule has 0 amide bonds. The van der Waals surface area contributed by atoms with E-state index in [2.05, 4.69) is 15.1 Å². The van der Waals surface area contributed by atoms with Crippen molar-refractivity contribution >= 4 is 9.84 Å². The van der Waals surface area contributed by atoms with Crippen LogP contribution in [0.4, 0.5) is 13.2 Å². The van der Waals surface area contributed by atoms with Crippen molar-refractivity contribution in [3.05, 3.63) is 84.6 Å². The molecule has 0 spiro atoms. The van der Waals surface area contributed by atoms with Gasteiger partial charge in [0.25, 0.3) is 0 Å². The Balaban J connectivity index is 1.89. The van der Waals surface area contributed by atoms with Crippen LogP contribution in [0.5, 0.6) is 0 Å². The molecule has 4 rings (SSSR count). The minimum Gasteiger partial charge on any atom is -0.265 e. The van der Waals surface area contributed by atoms with E-state index in [1.54, 1.807) is 36.5 Å². The van der Waals surface area contributed by atoms with Gasteiger partial charge < -0.3 is 0 Å². The molecule has 0 saturated heterocycles. The van der Waals surface area contributed by atoms with Gasteiger partial charge in [0.05, 0.1) is 4.90 Å². The fourth-order valence-electron chi connectivity index (χ4n) is 3.53. The van der Waals surface area contributed by atoms with Crippen LogP contribution in [0.1, 0.15) is 11.4 Å². The van der Waals surface area contributed by atoms with Gasteiger partial charge in [0.15, 0.2) is 15.5 Å². The van der Waals surface area contributed by atoms with E-state index in [1.165, 1.54) is 36.7 Å². The molecule has 0 radical (unpaired) electrons. The molecule has 170 valence electrons. The molecule has 0 N–H and O–H groups in total. The minimum atomic E-state index is -4.70. The third-order valence-corrected chi connectivity index (χ3v) is 6.18. The molecule has 10 heteroatoms. The first-order chi connectivity index (χ1) is 15.6. The monoisotopic (exact) mass is 472 g/mol. The van der Waals surface area contributed by atoms with Gasteiger partial charge in [-0.2, -0.15) is 18.3 Å². The fourth-order valence-corrected chi connectivity index (χ4v) is 4.16. The highest BCUT2D eigenvalue weighted by molar-refractivity contribution is 7.90. The van der Waals surface area contributed by atoms with Gasteiger partial charge in [-0.15, -0.1) is 0 Å². The molecular weight excluding hydrogens is 453 g/mol. The van der Waals surface area contributed by atoms with Crippen LogP contribution in [-0.2, 0) is 29.0 Å². The summed E-state index contributed by atoms with van der Waals surface area (Å²) < 4.78 is 67.6. The van der Waals surface area contributed by atoms with Gasteiger partial charge >= 0.3 is 6.18 Å². The quantitative estimate of drug-likeness (QED) is 0.408. The van der Waals surface area contributed by atoms with Crippen LogP contribution in [0.3, 0.4) is 0 Å². The summed E-state index contributed by atoms with van der Waals surface area (Å²) in [6.07, 6.45) is 1.14. The highest BCUT2D eigenvalue weighted by Crippen LogP contribution is 2.42. The Morgan fingerprint density at radius 1 is 0.909 bits per heavy atom. The normalized spacial score (nSPS) is 12.1. The number of alkyl halides is 3. The van der Waals surface area contributed by atoms with E-state index in [0.29, 0.717) is 11.3 Å². The SMILES string of the molecule is CS(=O)(=O)c1ccc(-c2c(-c3ccncc3)nn(CCc3ccccn3)c2C(F)(F)F)cc1. The number of pyridine rings is 2. The van der Waals surface area contributed by atoms with Crippen molar-refractivity contribution in [2.75, 3.05) is 6.26 Å². The van der Waals surface area contributed by atoms with Gasteiger partial charge in [-0.1, -0.05) is 18.2 Å². The van der Waals surface area contributed by atoms with Gasteiger partial charge in [0.2, 0.25) is 0 Å². The molecule has 0 unspecified atom stereocenters. The zero-order valence-electron chi connectivity index (χ0n) is 17.5. The van der Waals surface area contributed by atoms with Gasteiger partial charge in [0, 0.05) is 54.6 Å². The van der Waals surface area contributed by atoms with E-state index < -0.39 is 21.7 Å². The Morgan fingerprint density at radius 3 is 2.18 bits per heavy atom. The third-order valence-electron chi connectivity index (χ3n) is 5.05. The number of hydrogen-bond acceptors (Lipinski definition) is 5. The van der Waals surface area contributed by atoms with Gasteiger partial charge in [-0.25, -0.2) is 8.42 Å². The van der Waals surface area contributed by atoms with Crippen LogP contribution in [0, 0.1) is 0 Å². The van der Waals surface area contributed by atoms with Crippen molar-refractivity contribution in [1.82, 2.24) is 19.7 Å². The Morgan fingerprint density at radius 2 is 1.61 bits per heavy atom. The lowest BCUT2D eigenvalue weighted by molar-refractivity contribution is -0.143. The molecule has 3 heterocycles. The van der Waals surface area contributed by atoms with E-state index in [9.17, 15) is 21.6 Å². The zero-order chi connectivity index (χ0) is 23.6. The van der Waals surface area contributed by atoms with Crippen molar-refractivity contribution in [3.63, 3.8) is 0 Å². The van der Waals surface area contributed by atoms with E-state index in [4.69, 9.17) is 0 Å². The summed E-state index contributed by atoms with van der Waals surface area (Å²) in [6, 6.07) is 13.8. The molecule has 1 aromatic carbocycles. The lowest BCUT2D eigenvalue weighted by Gasteiger charge is -2.13. The minimum absolute atomic E-state index is 0.0211. The largest absolute Gasteiger partial charge is 0.433 e. The lowest BCUT2D eigenvalue weighted by Crippen LogP contribution is -2.17. The first-order valence-electron chi connectivity index (χ1n) is 9.93. The number of aryl methyl sites for hydroxylation is 2. The van der Waals surface area contributed by atoms with Gasteiger partial charge in [-0.3, -0.25) is 14.6 Å². The predicted molar refractivity (Wildman–Crippen MR) is 117 cm³/mol. The molecule has 0 fully saturated rings. The summed E-state index contributed by atoms with van der Waals surface area (Å²) in [6.45, 7) is -0.0363. The van der Waals surface area contributed by atoms with Gasteiger partial charge in [-0.05, 0) is 42.0 Å². The number of hydrogen-bond donors (Lipinski definition) is 0. The van der Waals surface area contributed by atoms with Gasteiger partial charge in [0.1, 0.15) is 5.69 Å². The molecular formula is C23H19F3N4O2S. The van der Waals surface area contributed by atoms with Crippen LogP contribution < -0.4 is 0 Å². The first kappa shape index (κ1) is 22.7. The van der Waals surface area contributed by atoms with Crippen LogP contribution >= 0.6 is 0 Å². The second-order valence-corrected chi connectivity index (χ2v) is 9.41. The number of halogens is 3. The number of aromatic nitrogens is 4. The molecule has 0 atom stereocenters. The molecule has 6 nitrogen and oxygen atoms in total. The van der Waals surface area contributed by atoms with E-state index in [1.807, 2.05) is 0 Å². The fraction of sp³-hybridized carbons (Fsp3) is 0.174. The average Bonchev–Trinajstić information content (AvgIpc) is 3.19. The standard InChI is InChI=1S/C23H19F3N4O2S/c1-33(31,32)19-7-5-16(6-8-19)20-21(17-9-13-27-14-10-17)29-30(22(20)23(24,25)26)15-11-18-4-2-3-12-28-18/h2-10,12-14H,11,15H2,1H3. The van der Waals surface area contributed by atoms with Crippen LogP contribution in [-0.4, -0.2) is 34.4 Å². The highest BCUT2D eigenvalue weighted by atomic mass is 32.2. The zero-order valence-corrected chi connectivity index (χ0v) is 18.3. The molecule has 33 heavy (non-hydrogen) atoms. The predicted octanol–water partition coefficient (Wildman–Crippen LogP) is 4.67. The Labute approximate surface area is 188 Å². The van der Waals surface area contributed by atoms with Crippen molar-refractivity contribution < 1.29 is 21.6 Å². The summed E-state index contributed by atoms with van der Waals surface area (Å²) in [4.78, 5) is 8.13. The molecule has 0 saturated carbocycles. The van der Waals surface area contributed by atoms with E-state index >= 15 is 0 Å². The molecule has 3 aromatic heterocycles. The summed E-state index contributed by atoms with van der Waals surface area (Å²) in [5.74, 6) is 0. The molecule has 0 bridgehead atoms. The second kappa shape index (κ2) is 8.78. The van der Waals surface area contributed by atoms with E-state index in [-0.39, 0.29) is 34.7 Å². The Kier molecular flexibility index (Phi) is 6.03. The summed E-state index contributed by atoms with van der Waals surface area (Å²) >= 11 is 0. The van der Waals surface area contributed by atoms with E-state index in [0.717, 1.165) is 10.9 Å². The lowest BCUT2D eigenvalue weighted by atomic mass is 9.99. The smallest absolute Gasteiger partial charge is 0.265 e.